The lowest BCUT2D eigenvalue weighted by atomic mass is 10.1. The van der Waals surface area contributed by atoms with Crippen molar-refractivity contribution in [3.8, 4) is 0 Å². The van der Waals surface area contributed by atoms with Gasteiger partial charge in [0, 0.05) is 28.9 Å². The maximum Gasteiger partial charge on any atom is 0.269 e. The lowest BCUT2D eigenvalue weighted by Gasteiger charge is -2.16. The number of carbonyl (C=O) groups is 1. The zero-order valence-corrected chi connectivity index (χ0v) is 13.6. The van der Waals surface area contributed by atoms with E-state index in [0.717, 1.165) is 10.2 Å². The van der Waals surface area contributed by atoms with Crippen LogP contribution in [0.2, 0.25) is 0 Å². The van der Waals surface area contributed by atoms with Gasteiger partial charge in [0.15, 0.2) is 0 Å². The summed E-state index contributed by atoms with van der Waals surface area (Å²) < 4.78 is 1.05. The van der Waals surface area contributed by atoms with E-state index in [1.807, 2.05) is 25.1 Å². The molecule has 0 spiro atoms. The summed E-state index contributed by atoms with van der Waals surface area (Å²) in [6, 6.07) is 11.9. The smallest absolute Gasteiger partial charge is 0.269 e. The van der Waals surface area contributed by atoms with Crippen molar-refractivity contribution in [1.82, 2.24) is 10.3 Å². The number of nitrogens with zero attached hydrogens (tertiary/aromatic N) is 1. The van der Waals surface area contributed by atoms with Crippen molar-refractivity contribution in [3.05, 3.63) is 58.3 Å². The van der Waals surface area contributed by atoms with E-state index in [1.165, 1.54) is 5.56 Å². The minimum Gasteiger partial charge on any atom is -0.378 e. The molecule has 1 heterocycles. The monoisotopic (exact) mass is 347 g/mol. The highest BCUT2D eigenvalue weighted by molar-refractivity contribution is 9.10. The molecule has 0 fully saturated rings. The second-order valence-electron chi connectivity index (χ2n) is 4.71. The van der Waals surface area contributed by atoms with Gasteiger partial charge in [-0.05, 0) is 43.7 Å². The van der Waals surface area contributed by atoms with Crippen molar-refractivity contribution in [2.75, 3.05) is 11.9 Å². The third-order valence-corrected chi connectivity index (χ3v) is 3.56. The molecular weight excluding hydrogens is 330 g/mol. The van der Waals surface area contributed by atoms with Gasteiger partial charge in [0.05, 0.1) is 0 Å². The minimum absolute atomic E-state index is 0.131. The fourth-order valence-corrected chi connectivity index (χ4v) is 2.42. The van der Waals surface area contributed by atoms with E-state index >= 15 is 0 Å². The van der Waals surface area contributed by atoms with Crippen LogP contribution < -0.4 is 10.6 Å². The Morgan fingerprint density at radius 2 is 2.14 bits per heavy atom. The standard InChI is InChI=1S/C16H18BrN3O/c1-3-18-16(21)15-10-14(7-8-19-15)20-11(2)12-5-4-6-13(17)9-12/h4-11H,3H2,1-2H3,(H,18,21)(H,19,20). The fraction of sp³-hybridized carbons (Fsp3) is 0.250. The molecule has 0 saturated heterocycles. The van der Waals surface area contributed by atoms with Crippen LogP contribution in [0.4, 0.5) is 5.69 Å². The van der Waals surface area contributed by atoms with E-state index in [9.17, 15) is 4.79 Å². The fourth-order valence-electron chi connectivity index (χ4n) is 2.00. The first kappa shape index (κ1) is 15.5. The average molecular weight is 348 g/mol. The molecule has 1 aromatic carbocycles. The summed E-state index contributed by atoms with van der Waals surface area (Å²) in [4.78, 5) is 15.9. The number of aromatic nitrogens is 1. The van der Waals surface area contributed by atoms with Gasteiger partial charge >= 0.3 is 0 Å². The second-order valence-corrected chi connectivity index (χ2v) is 5.63. The van der Waals surface area contributed by atoms with Crippen LogP contribution >= 0.6 is 15.9 Å². The SMILES string of the molecule is CCNC(=O)c1cc(NC(C)c2cccc(Br)c2)ccn1. The number of halogens is 1. The Labute approximate surface area is 133 Å². The van der Waals surface area contributed by atoms with Gasteiger partial charge in [-0.25, -0.2) is 0 Å². The van der Waals surface area contributed by atoms with Crippen LogP contribution in [0.15, 0.2) is 47.1 Å². The molecule has 1 atom stereocenters. The molecule has 2 aromatic rings. The highest BCUT2D eigenvalue weighted by Gasteiger charge is 2.09. The summed E-state index contributed by atoms with van der Waals surface area (Å²) in [7, 11) is 0. The first-order valence-corrected chi connectivity index (χ1v) is 7.65. The van der Waals surface area contributed by atoms with E-state index in [-0.39, 0.29) is 11.9 Å². The van der Waals surface area contributed by atoms with E-state index in [1.54, 1.807) is 12.3 Å². The Morgan fingerprint density at radius 1 is 1.33 bits per heavy atom. The van der Waals surface area contributed by atoms with Gasteiger partial charge in [-0.15, -0.1) is 0 Å². The van der Waals surface area contributed by atoms with Gasteiger partial charge in [-0.1, -0.05) is 28.1 Å². The zero-order valence-electron chi connectivity index (χ0n) is 12.1. The topological polar surface area (TPSA) is 54.0 Å². The molecule has 1 aromatic heterocycles. The third-order valence-electron chi connectivity index (χ3n) is 3.06. The van der Waals surface area contributed by atoms with Gasteiger partial charge < -0.3 is 10.6 Å². The highest BCUT2D eigenvalue weighted by Crippen LogP contribution is 2.22. The van der Waals surface area contributed by atoms with Crippen LogP contribution in [0, 0.1) is 0 Å². The summed E-state index contributed by atoms with van der Waals surface area (Å²) in [5.74, 6) is -0.156. The molecule has 0 radical (unpaired) electrons. The van der Waals surface area contributed by atoms with Crippen LogP contribution in [0.25, 0.3) is 0 Å². The Hall–Kier alpha value is -1.88. The van der Waals surface area contributed by atoms with Crippen molar-refractivity contribution in [3.63, 3.8) is 0 Å². The summed E-state index contributed by atoms with van der Waals surface area (Å²) in [5.41, 5.74) is 2.46. The van der Waals surface area contributed by atoms with E-state index in [4.69, 9.17) is 0 Å². The summed E-state index contributed by atoms with van der Waals surface area (Å²) in [6.45, 7) is 4.55. The van der Waals surface area contributed by atoms with Crippen molar-refractivity contribution in [2.24, 2.45) is 0 Å². The first-order chi connectivity index (χ1) is 10.1. The Kier molecular flexibility index (Phi) is 5.33. The number of nitrogens with one attached hydrogen (secondary N) is 2. The van der Waals surface area contributed by atoms with Crippen LogP contribution in [0.1, 0.15) is 35.9 Å². The number of rotatable bonds is 5. The lowest BCUT2D eigenvalue weighted by molar-refractivity contribution is 0.0951. The van der Waals surface area contributed by atoms with Crippen LogP contribution in [0.5, 0.6) is 0 Å². The molecule has 0 bridgehead atoms. The van der Waals surface area contributed by atoms with Crippen LogP contribution in [-0.4, -0.2) is 17.4 Å². The number of amides is 1. The quantitative estimate of drug-likeness (QED) is 0.865. The van der Waals surface area contributed by atoms with Gasteiger partial charge in [0.25, 0.3) is 5.91 Å². The molecule has 0 aliphatic heterocycles. The molecule has 0 saturated carbocycles. The molecule has 5 heteroatoms. The second kappa shape index (κ2) is 7.22. The maximum absolute atomic E-state index is 11.8. The largest absolute Gasteiger partial charge is 0.378 e. The number of hydrogen-bond donors (Lipinski definition) is 2. The molecule has 0 aliphatic carbocycles. The summed E-state index contributed by atoms with van der Waals surface area (Å²) >= 11 is 3.47. The number of hydrogen-bond acceptors (Lipinski definition) is 3. The molecule has 4 nitrogen and oxygen atoms in total. The molecule has 110 valence electrons. The van der Waals surface area contributed by atoms with Gasteiger partial charge in [0.2, 0.25) is 0 Å². The van der Waals surface area contributed by atoms with Crippen LogP contribution in [0.3, 0.4) is 0 Å². The molecule has 21 heavy (non-hydrogen) atoms. The number of pyridine rings is 1. The van der Waals surface area contributed by atoms with Crippen molar-refractivity contribution in [2.45, 2.75) is 19.9 Å². The van der Waals surface area contributed by atoms with E-state index in [2.05, 4.69) is 50.6 Å². The average Bonchev–Trinajstić information content (AvgIpc) is 2.48. The van der Waals surface area contributed by atoms with Crippen molar-refractivity contribution < 1.29 is 4.79 Å². The first-order valence-electron chi connectivity index (χ1n) is 6.86. The Balaban J connectivity index is 2.12. The number of anilines is 1. The Bertz CT molecular complexity index is 630. The predicted octanol–water partition coefficient (Wildman–Crippen LogP) is 3.77. The van der Waals surface area contributed by atoms with Crippen molar-refractivity contribution >= 4 is 27.5 Å². The maximum atomic E-state index is 11.8. The number of benzene rings is 1. The summed E-state index contributed by atoms with van der Waals surface area (Å²) in [6.07, 6.45) is 1.64. The van der Waals surface area contributed by atoms with Crippen molar-refractivity contribution in [1.29, 1.82) is 0 Å². The van der Waals surface area contributed by atoms with Gasteiger partial charge in [-0.2, -0.15) is 0 Å². The lowest BCUT2D eigenvalue weighted by Crippen LogP contribution is -2.23. The minimum atomic E-state index is -0.156. The predicted molar refractivity (Wildman–Crippen MR) is 88.4 cm³/mol. The summed E-state index contributed by atoms with van der Waals surface area (Å²) in [5, 5.41) is 6.13. The number of carbonyl (C=O) groups excluding carboxylic acids is 1. The van der Waals surface area contributed by atoms with Gasteiger partial charge in [-0.3, -0.25) is 9.78 Å². The van der Waals surface area contributed by atoms with E-state index in [0.29, 0.717) is 12.2 Å². The third kappa shape index (κ3) is 4.29. The van der Waals surface area contributed by atoms with Gasteiger partial charge in [0.1, 0.15) is 5.69 Å². The van der Waals surface area contributed by atoms with E-state index < -0.39 is 0 Å². The molecule has 1 amide bonds. The van der Waals surface area contributed by atoms with Crippen LogP contribution in [-0.2, 0) is 0 Å². The highest BCUT2D eigenvalue weighted by atomic mass is 79.9. The molecule has 2 rings (SSSR count). The zero-order chi connectivity index (χ0) is 15.2. The Morgan fingerprint density at radius 3 is 2.86 bits per heavy atom. The molecule has 1 unspecified atom stereocenters. The molecule has 0 aliphatic rings. The normalized spacial score (nSPS) is 11.8. The molecule has 2 N–H and O–H groups in total. The molecular formula is C16H18BrN3O.